The molecule has 1 fully saturated rings. The van der Waals surface area contributed by atoms with E-state index in [4.69, 9.17) is 0 Å². The van der Waals surface area contributed by atoms with E-state index < -0.39 is 0 Å². The van der Waals surface area contributed by atoms with Crippen molar-refractivity contribution in [3.05, 3.63) is 22.2 Å². The molecule has 0 bridgehead atoms. The maximum atomic E-state index is 11.8. The Labute approximate surface area is 124 Å². The van der Waals surface area contributed by atoms with Gasteiger partial charge in [0, 0.05) is 30.6 Å². The zero-order valence-corrected chi connectivity index (χ0v) is 13.2. The normalized spacial score (nSPS) is 20.1. The number of carbonyl (C=O) groups is 1. The first-order chi connectivity index (χ1) is 9.54. The molecule has 2 heterocycles. The van der Waals surface area contributed by atoms with E-state index in [1.54, 1.807) is 23.5 Å². The lowest BCUT2D eigenvalue weighted by Gasteiger charge is -2.20. The number of likely N-dealkylation sites (tertiary alicyclic amines) is 1. The van der Waals surface area contributed by atoms with Crippen molar-refractivity contribution >= 4 is 23.3 Å². The van der Waals surface area contributed by atoms with Crippen molar-refractivity contribution in [2.75, 3.05) is 19.6 Å². The summed E-state index contributed by atoms with van der Waals surface area (Å²) in [7, 11) is 0. The van der Waals surface area contributed by atoms with Crippen molar-refractivity contribution in [3.63, 3.8) is 0 Å². The molecule has 0 aliphatic carbocycles. The molecule has 0 saturated carbocycles. The molecule has 2 rings (SSSR count). The highest BCUT2D eigenvalue weighted by atomic mass is 32.1. The largest absolute Gasteiger partial charge is 0.352 e. The molecule has 0 aromatic carbocycles. The van der Waals surface area contributed by atoms with Gasteiger partial charge in [-0.25, -0.2) is 4.98 Å². The first kappa shape index (κ1) is 15.2. The van der Waals surface area contributed by atoms with E-state index in [9.17, 15) is 4.79 Å². The molecule has 20 heavy (non-hydrogen) atoms. The minimum Gasteiger partial charge on any atom is -0.352 e. The van der Waals surface area contributed by atoms with Gasteiger partial charge in [0.15, 0.2) is 0 Å². The number of carbonyl (C=O) groups excluding carboxylic acids is 1. The summed E-state index contributed by atoms with van der Waals surface area (Å²) in [5.74, 6) is 0.551. The minimum absolute atomic E-state index is 0.0290. The molecule has 0 unspecified atom stereocenters. The zero-order chi connectivity index (χ0) is 14.5. The average molecular weight is 293 g/mol. The van der Waals surface area contributed by atoms with E-state index in [0.717, 1.165) is 30.3 Å². The average Bonchev–Trinajstić information content (AvgIpc) is 3.03. The molecule has 1 amide bonds. The molecule has 4 nitrogen and oxygen atoms in total. The molecule has 1 aliphatic heterocycles. The highest BCUT2D eigenvalue weighted by Gasteiger charge is 2.23. The van der Waals surface area contributed by atoms with Gasteiger partial charge in [-0.2, -0.15) is 0 Å². The molecule has 5 heteroatoms. The van der Waals surface area contributed by atoms with Gasteiger partial charge in [-0.15, -0.1) is 11.3 Å². The first-order valence-corrected chi connectivity index (χ1v) is 8.04. The maximum Gasteiger partial charge on any atom is 0.244 e. The molecule has 1 aliphatic rings. The zero-order valence-electron chi connectivity index (χ0n) is 12.4. The highest BCUT2D eigenvalue weighted by Crippen LogP contribution is 2.17. The number of hydrogen-bond donors (Lipinski definition) is 1. The maximum absolute atomic E-state index is 11.8. The fourth-order valence-electron chi connectivity index (χ4n) is 2.42. The van der Waals surface area contributed by atoms with Crippen molar-refractivity contribution in [1.29, 1.82) is 0 Å². The van der Waals surface area contributed by atoms with Crippen LogP contribution in [0, 0.1) is 12.8 Å². The Kier molecular flexibility index (Phi) is 5.31. The topological polar surface area (TPSA) is 45.2 Å². The summed E-state index contributed by atoms with van der Waals surface area (Å²) >= 11 is 1.59. The molecule has 1 atom stereocenters. The van der Waals surface area contributed by atoms with Gasteiger partial charge in [0.1, 0.15) is 0 Å². The van der Waals surface area contributed by atoms with Gasteiger partial charge >= 0.3 is 0 Å². The molecular formula is C15H23N3OS. The van der Waals surface area contributed by atoms with Crippen LogP contribution in [0.3, 0.4) is 0 Å². The van der Waals surface area contributed by atoms with Crippen LogP contribution in [-0.2, 0) is 4.79 Å². The van der Waals surface area contributed by atoms with Crippen LogP contribution in [-0.4, -0.2) is 41.5 Å². The number of nitrogens with one attached hydrogen (secondary N) is 1. The van der Waals surface area contributed by atoms with Crippen LogP contribution in [0.5, 0.6) is 0 Å². The van der Waals surface area contributed by atoms with Gasteiger partial charge < -0.3 is 10.2 Å². The fourth-order valence-corrected chi connectivity index (χ4v) is 3.00. The van der Waals surface area contributed by atoms with Gasteiger partial charge in [0.05, 0.1) is 10.7 Å². The molecule has 1 saturated heterocycles. The van der Waals surface area contributed by atoms with Crippen LogP contribution < -0.4 is 5.32 Å². The number of aryl methyl sites for hydroxylation is 1. The molecule has 1 aromatic rings. The number of amides is 1. The first-order valence-electron chi connectivity index (χ1n) is 7.16. The highest BCUT2D eigenvalue weighted by molar-refractivity contribution is 7.09. The van der Waals surface area contributed by atoms with Gasteiger partial charge in [-0.05, 0) is 45.7 Å². The van der Waals surface area contributed by atoms with Crippen molar-refractivity contribution in [3.8, 4) is 0 Å². The Morgan fingerprint density at radius 2 is 2.45 bits per heavy atom. The minimum atomic E-state index is -0.0290. The Hall–Kier alpha value is -1.20. The van der Waals surface area contributed by atoms with Crippen molar-refractivity contribution in [1.82, 2.24) is 15.2 Å². The summed E-state index contributed by atoms with van der Waals surface area (Å²) in [6.07, 6.45) is 4.52. The van der Waals surface area contributed by atoms with Crippen molar-refractivity contribution in [2.24, 2.45) is 5.92 Å². The smallest absolute Gasteiger partial charge is 0.244 e. The fraction of sp³-hybridized carbons (Fsp3) is 0.600. The van der Waals surface area contributed by atoms with Crippen LogP contribution >= 0.6 is 11.3 Å². The predicted molar refractivity (Wildman–Crippen MR) is 83.7 cm³/mol. The number of rotatable bonds is 5. The lowest BCUT2D eigenvalue weighted by molar-refractivity contribution is -0.116. The van der Waals surface area contributed by atoms with Gasteiger partial charge in [0.25, 0.3) is 0 Å². The van der Waals surface area contributed by atoms with Gasteiger partial charge in [-0.3, -0.25) is 4.79 Å². The third kappa shape index (κ3) is 4.42. The van der Waals surface area contributed by atoms with Crippen molar-refractivity contribution < 1.29 is 4.79 Å². The van der Waals surface area contributed by atoms with Crippen LogP contribution in [0.2, 0.25) is 0 Å². The summed E-state index contributed by atoms with van der Waals surface area (Å²) in [6.45, 7) is 9.41. The van der Waals surface area contributed by atoms with Gasteiger partial charge in [-0.1, -0.05) is 0 Å². The summed E-state index contributed by atoms with van der Waals surface area (Å²) in [5, 5.41) is 5.96. The van der Waals surface area contributed by atoms with E-state index in [2.05, 4.69) is 29.0 Å². The molecule has 1 aromatic heterocycles. The number of thiazole rings is 1. The summed E-state index contributed by atoms with van der Waals surface area (Å²) in [6, 6.07) is 0.600. The Morgan fingerprint density at radius 1 is 1.65 bits per heavy atom. The quantitative estimate of drug-likeness (QED) is 0.847. The Morgan fingerprint density at radius 3 is 3.05 bits per heavy atom. The van der Waals surface area contributed by atoms with E-state index in [1.807, 2.05) is 12.3 Å². The molecule has 110 valence electrons. The van der Waals surface area contributed by atoms with Crippen LogP contribution in [0.25, 0.3) is 6.08 Å². The molecule has 0 radical (unpaired) electrons. The Balaban J connectivity index is 1.72. The number of aromatic nitrogens is 1. The van der Waals surface area contributed by atoms with Crippen LogP contribution in [0.4, 0.5) is 0 Å². The summed E-state index contributed by atoms with van der Waals surface area (Å²) in [5.41, 5.74) is 0.856. The van der Waals surface area contributed by atoms with E-state index >= 15 is 0 Å². The van der Waals surface area contributed by atoms with E-state index in [-0.39, 0.29) is 5.91 Å². The van der Waals surface area contributed by atoms with E-state index in [0.29, 0.717) is 12.0 Å². The second-order valence-electron chi connectivity index (χ2n) is 5.61. The molecule has 1 N–H and O–H groups in total. The van der Waals surface area contributed by atoms with Crippen molar-refractivity contribution in [2.45, 2.75) is 33.2 Å². The number of hydrogen-bond acceptors (Lipinski definition) is 4. The third-order valence-electron chi connectivity index (χ3n) is 3.65. The third-order valence-corrected chi connectivity index (χ3v) is 4.45. The van der Waals surface area contributed by atoms with Gasteiger partial charge in [0.2, 0.25) is 5.91 Å². The lowest BCUT2D eigenvalue weighted by atomic mass is 10.1. The number of nitrogens with zero attached hydrogens (tertiary/aromatic N) is 2. The monoisotopic (exact) mass is 293 g/mol. The molecule has 0 spiro atoms. The predicted octanol–water partition coefficient (Wildman–Crippen LogP) is 2.31. The SMILES string of the molecule is Cc1nc(/C=C/C(=O)NC[C@H]2CCN(C(C)C)C2)cs1. The van der Waals surface area contributed by atoms with Crippen LogP contribution in [0.1, 0.15) is 31.0 Å². The standard InChI is InChI=1S/C15H23N3OS/c1-11(2)18-7-6-13(9-18)8-16-15(19)5-4-14-10-20-12(3)17-14/h4-5,10-11,13H,6-9H2,1-3H3,(H,16,19)/b5-4+/t13-/m1/s1. The van der Waals surface area contributed by atoms with E-state index in [1.165, 1.54) is 6.42 Å². The summed E-state index contributed by atoms with van der Waals surface area (Å²) < 4.78 is 0. The second kappa shape index (κ2) is 6.99. The molecular weight excluding hydrogens is 270 g/mol. The van der Waals surface area contributed by atoms with Crippen LogP contribution in [0.15, 0.2) is 11.5 Å². The second-order valence-corrected chi connectivity index (χ2v) is 6.68. The lowest BCUT2D eigenvalue weighted by Crippen LogP contribution is -2.32. The summed E-state index contributed by atoms with van der Waals surface area (Å²) in [4.78, 5) is 18.5. The Bertz CT molecular complexity index is 481.